The molecule has 242 valence electrons. The molecular weight excluding hydrogens is 538 g/mol. The Morgan fingerprint density at radius 2 is 1.86 bits per heavy atom. The van der Waals surface area contributed by atoms with Crippen LogP contribution in [0.3, 0.4) is 0 Å². The lowest BCUT2D eigenvalue weighted by molar-refractivity contribution is -0.132. The fourth-order valence-electron chi connectivity index (χ4n) is 7.35. The number of carbonyl (C=O) groups excluding carboxylic acids is 2. The normalized spacial score (nSPS) is 34.7. The molecular formula is C30H57N7O5. The molecule has 0 spiro atoms. The van der Waals surface area contributed by atoms with Crippen molar-refractivity contribution < 1.29 is 24.5 Å². The Kier molecular flexibility index (Phi) is 12.8. The van der Waals surface area contributed by atoms with Crippen LogP contribution >= 0.6 is 0 Å². The van der Waals surface area contributed by atoms with Crippen molar-refractivity contribution in [1.29, 1.82) is 0 Å². The zero-order chi connectivity index (χ0) is 30.2. The molecule has 0 bridgehead atoms. The van der Waals surface area contributed by atoms with E-state index in [1.165, 1.54) is 0 Å². The first kappa shape index (κ1) is 33.5. The number of likely N-dealkylation sites (N-methyl/N-ethyl adjacent to an activating group) is 1. The average Bonchev–Trinajstić information content (AvgIpc) is 2.98. The Morgan fingerprint density at radius 3 is 2.60 bits per heavy atom. The molecule has 4 fully saturated rings. The second kappa shape index (κ2) is 16.1. The molecule has 10 atom stereocenters. The number of likely N-dealkylation sites (tertiary alicyclic amines) is 2. The molecule has 0 aromatic rings. The summed E-state index contributed by atoms with van der Waals surface area (Å²) in [5.41, 5.74) is 0. The Bertz CT molecular complexity index is 868. The van der Waals surface area contributed by atoms with Gasteiger partial charge in [0, 0.05) is 64.3 Å². The van der Waals surface area contributed by atoms with Gasteiger partial charge in [0.25, 0.3) is 0 Å². The van der Waals surface area contributed by atoms with Gasteiger partial charge in [0.1, 0.15) is 0 Å². The van der Waals surface area contributed by atoms with Crippen LogP contribution < -0.4 is 26.6 Å². The first-order chi connectivity index (χ1) is 20.1. The van der Waals surface area contributed by atoms with Crippen LogP contribution in [0.5, 0.6) is 0 Å². The second-order valence-electron chi connectivity index (χ2n) is 13.3. The molecule has 1 saturated carbocycles. The van der Waals surface area contributed by atoms with E-state index in [-0.39, 0.29) is 48.8 Å². The number of amides is 2. The monoisotopic (exact) mass is 595 g/mol. The van der Waals surface area contributed by atoms with E-state index in [2.05, 4.69) is 38.4 Å². The van der Waals surface area contributed by atoms with Gasteiger partial charge in [-0.3, -0.25) is 25.5 Å². The van der Waals surface area contributed by atoms with Crippen molar-refractivity contribution in [3.63, 3.8) is 0 Å². The minimum Gasteiger partial charge on any atom is -0.390 e. The third kappa shape index (κ3) is 9.56. The van der Waals surface area contributed by atoms with Gasteiger partial charge in [-0.25, -0.2) is 0 Å². The minimum atomic E-state index is -0.607. The summed E-state index contributed by atoms with van der Waals surface area (Å²) in [6.07, 6.45) is 5.86. The van der Waals surface area contributed by atoms with Crippen molar-refractivity contribution in [2.45, 2.75) is 114 Å². The number of rotatable bonds is 12. The third-order valence-corrected chi connectivity index (χ3v) is 10.1. The Morgan fingerprint density at radius 1 is 1.05 bits per heavy atom. The highest BCUT2D eigenvalue weighted by molar-refractivity contribution is 5.81. The van der Waals surface area contributed by atoms with Crippen molar-refractivity contribution in [3.05, 3.63) is 0 Å². The van der Waals surface area contributed by atoms with E-state index in [1.54, 1.807) is 6.92 Å². The molecule has 1 aliphatic carbocycles. The van der Waals surface area contributed by atoms with E-state index in [0.717, 1.165) is 58.2 Å². The number of carbonyl (C=O) groups is 2. The van der Waals surface area contributed by atoms with Crippen LogP contribution in [0.4, 0.5) is 0 Å². The molecule has 2 amide bonds. The van der Waals surface area contributed by atoms with Gasteiger partial charge in [-0.2, -0.15) is 0 Å². The molecule has 0 aromatic heterocycles. The van der Waals surface area contributed by atoms with Crippen LogP contribution in [0.2, 0.25) is 0 Å². The standard InChI is InChI=1S/C30H57N7O5/c1-19-11-24(8-10-37(19)21(3)38)35-29-13-27(33-18-34-29)30(41)32-14-25(39)16-36-9-7-22-12-26(6-5-23(22)15-36)42-17-28(40)20(2)31-4/h19-20,22-29,31,33-35,39-40H,5-18H2,1-4H3,(H,32,41)/t19-,20?,22?,23?,24?,25+,26?,27?,28?,29?/m1/s1. The number of fused-ring (bicyclic) bond motifs is 1. The fourth-order valence-corrected chi connectivity index (χ4v) is 7.35. The molecule has 3 saturated heterocycles. The Balaban J connectivity index is 1.11. The van der Waals surface area contributed by atoms with Crippen molar-refractivity contribution >= 4 is 11.8 Å². The smallest absolute Gasteiger partial charge is 0.237 e. The summed E-state index contributed by atoms with van der Waals surface area (Å²) in [5.74, 6) is 1.30. The van der Waals surface area contributed by atoms with Crippen LogP contribution in [0, 0.1) is 11.8 Å². The molecule has 12 heteroatoms. The minimum absolute atomic E-state index is 0.0170. The zero-order valence-corrected chi connectivity index (χ0v) is 26.2. The molecule has 3 heterocycles. The highest BCUT2D eigenvalue weighted by Gasteiger charge is 2.36. The Labute approximate surface area is 252 Å². The SMILES string of the molecule is CNC(C)C(O)COC1CCC2CN(C[C@@H](O)CNC(=O)C3CC(NC4CCN(C(C)=O)[C@H](C)C4)NCN3)CCC2C1. The quantitative estimate of drug-likeness (QED) is 0.152. The Hall–Kier alpha value is -1.38. The number of aliphatic hydroxyl groups is 2. The molecule has 3 aliphatic heterocycles. The van der Waals surface area contributed by atoms with Crippen molar-refractivity contribution in [1.82, 2.24) is 36.4 Å². The first-order valence-corrected chi connectivity index (χ1v) is 16.3. The van der Waals surface area contributed by atoms with Crippen LogP contribution in [0.15, 0.2) is 0 Å². The van der Waals surface area contributed by atoms with Crippen molar-refractivity contribution in [2.75, 3.05) is 53.0 Å². The van der Waals surface area contributed by atoms with Gasteiger partial charge < -0.3 is 35.4 Å². The molecule has 0 aromatic carbocycles. The van der Waals surface area contributed by atoms with E-state index in [0.29, 0.717) is 44.1 Å². The van der Waals surface area contributed by atoms with Crippen LogP contribution in [0.25, 0.3) is 0 Å². The van der Waals surface area contributed by atoms with E-state index in [4.69, 9.17) is 4.74 Å². The summed E-state index contributed by atoms with van der Waals surface area (Å²) in [4.78, 5) is 29.0. The summed E-state index contributed by atoms with van der Waals surface area (Å²) < 4.78 is 6.06. The lowest BCUT2D eigenvalue weighted by Crippen LogP contribution is -2.63. The van der Waals surface area contributed by atoms with Gasteiger partial charge in [-0.15, -0.1) is 0 Å². The number of aliphatic hydroxyl groups excluding tert-OH is 2. The van der Waals surface area contributed by atoms with E-state index < -0.39 is 12.2 Å². The molecule has 42 heavy (non-hydrogen) atoms. The average molecular weight is 596 g/mol. The molecule has 12 nitrogen and oxygen atoms in total. The van der Waals surface area contributed by atoms with Crippen LogP contribution in [-0.4, -0.2) is 134 Å². The van der Waals surface area contributed by atoms with Gasteiger partial charge in [0.05, 0.1) is 37.1 Å². The lowest BCUT2D eigenvalue weighted by atomic mass is 9.74. The maximum Gasteiger partial charge on any atom is 0.237 e. The number of hydrogen-bond donors (Lipinski definition) is 7. The summed E-state index contributed by atoms with van der Waals surface area (Å²) in [7, 11) is 1.85. The highest BCUT2D eigenvalue weighted by atomic mass is 16.5. The van der Waals surface area contributed by atoms with E-state index in [9.17, 15) is 19.8 Å². The summed E-state index contributed by atoms with van der Waals surface area (Å²) in [6.45, 7) is 10.1. The lowest BCUT2D eigenvalue weighted by Gasteiger charge is -2.44. The van der Waals surface area contributed by atoms with Gasteiger partial charge in [0.2, 0.25) is 11.8 Å². The molecule has 0 radical (unpaired) electrons. The van der Waals surface area contributed by atoms with E-state index in [1.807, 2.05) is 18.9 Å². The predicted octanol–water partition coefficient (Wildman–Crippen LogP) is -0.836. The van der Waals surface area contributed by atoms with Gasteiger partial charge in [-0.05, 0) is 77.8 Å². The number of piperidine rings is 2. The predicted molar refractivity (Wildman–Crippen MR) is 162 cm³/mol. The molecule has 4 aliphatic rings. The number of ether oxygens (including phenoxy) is 1. The van der Waals surface area contributed by atoms with Gasteiger partial charge in [-0.1, -0.05) is 0 Å². The summed E-state index contributed by atoms with van der Waals surface area (Å²) in [6, 6.07) is 0.219. The van der Waals surface area contributed by atoms with E-state index >= 15 is 0 Å². The van der Waals surface area contributed by atoms with Crippen LogP contribution in [0.1, 0.15) is 65.7 Å². The maximum absolute atomic E-state index is 12.9. The largest absolute Gasteiger partial charge is 0.390 e. The summed E-state index contributed by atoms with van der Waals surface area (Å²) in [5, 5.41) is 37.3. The first-order valence-electron chi connectivity index (χ1n) is 16.3. The van der Waals surface area contributed by atoms with Crippen LogP contribution in [-0.2, 0) is 14.3 Å². The topological polar surface area (TPSA) is 150 Å². The van der Waals surface area contributed by atoms with Gasteiger partial charge >= 0.3 is 0 Å². The second-order valence-corrected chi connectivity index (χ2v) is 13.3. The van der Waals surface area contributed by atoms with Crippen molar-refractivity contribution in [2.24, 2.45) is 11.8 Å². The molecule has 7 N–H and O–H groups in total. The molecule has 8 unspecified atom stereocenters. The maximum atomic E-state index is 12.9. The number of nitrogens with one attached hydrogen (secondary N) is 5. The number of β-amino-alcohol motifs (C(OH)–C–C–N with tert-alkyl or cyclic N) is 1. The zero-order valence-electron chi connectivity index (χ0n) is 26.2. The number of hydrogen-bond acceptors (Lipinski definition) is 10. The van der Waals surface area contributed by atoms with Gasteiger partial charge in [0.15, 0.2) is 0 Å². The van der Waals surface area contributed by atoms with Crippen molar-refractivity contribution in [3.8, 4) is 0 Å². The number of nitrogens with zero attached hydrogens (tertiary/aromatic N) is 2. The third-order valence-electron chi connectivity index (χ3n) is 10.1. The summed E-state index contributed by atoms with van der Waals surface area (Å²) >= 11 is 0. The molecule has 4 rings (SSSR count). The highest BCUT2D eigenvalue weighted by Crippen LogP contribution is 2.37. The fraction of sp³-hybridized carbons (Fsp3) is 0.933.